The Kier molecular flexibility index (Phi) is 3.97. The Balaban J connectivity index is 2.45. The van der Waals surface area contributed by atoms with Crippen molar-refractivity contribution in [2.75, 3.05) is 0 Å². The fraction of sp³-hybridized carbons (Fsp3) is 0.0667. The molecule has 0 aliphatic heterocycles. The summed E-state index contributed by atoms with van der Waals surface area (Å²) in [4.78, 5) is 23.4. The molecule has 0 aliphatic carbocycles. The van der Waals surface area contributed by atoms with Crippen LogP contribution >= 0.6 is 11.6 Å². The molecule has 0 radical (unpaired) electrons. The number of ether oxygens (including phenoxy) is 1. The Morgan fingerprint density at radius 2 is 1.53 bits per heavy atom. The Bertz CT molecular complexity index is 635. The Morgan fingerprint density at radius 3 is 2.16 bits per heavy atom. The Morgan fingerprint density at radius 1 is 0.947 bits per heavy atom. The van der Waals surface area contributed by atoms with Gasteiger partial charge in [0.05, 0.1) is 10.6 Å². The fourth-order valence-electron chi connectivity index (χ4n) is 1.69. The number of halogens is 1. The Hall–Kier alpha value is -2.13. The second-order valence-corrected chi connectivity index (χ2v) is 4.31. The van der Waals surface area contributed by atoms with E-state index in [1.54, 1.807) is 48.5 Å². The molecule has 0 N–H and O–H groups in total. The molecule has 0 unspecified atom stereocenters. The van der Waals surface area contributed by atoms with E-state index in [9.17, 15) is 9.59 Å². The van der Waals surface area contributed by atoms with Crippen molar-refractivity contribution in [3.05, 3.63) is 64.7 Å². The third-order valence-corrected chi connectivity index (χ3v) is 2.83. The molecule has 2 aromatic rings. The molecule has 19 heavy (non-hydrogen) atoms. The zero-order valence-electron chi connectivity index (χ0n) is 10.2. The summed E-state index contributed by atoms with van der Waals surface area (Å²) in [6.07, 6.45) is 0. The van der Waals surface area contributed by atoms with Crippen molar-refractivity contribution in [2.24, 2.45) is 0 Å². The van der Waals surface area contributed by atoms with Gasteiger partial charge in [-0.3, -0.25) is 9.59 Å². The number of carbonyl (C=O) groups excluding carboxylic acids is 2. The summed E-state index contributed by atoms with van der Waals surface area (Å²) in [5.74, 6) is -0.512. The van der Waals surface area contributed by atoms with Crippen LogP contribution in [0.15, 0.2) is 48.5 Å². The first kappa shape index (κ1) is 13.3. The van der Waals surface area contributed by atoms with Gasteiger partial charge in [-0.1, -0.05) is 35.9 Å². The van der Waals surface area contributed by atoms with E-state index in [4.69, 9.17) is 16.3 Å². The van der Waals surface area contributed by atoms with E-state index < -0.39 is 5.97 Å². The second-order valence-electron chi connectivity index (χ2n) is 3.90. The number of benzene rings is 2. The number of carbonyl (C=O) groups is 2. The summed E-state index contributed by atoms with van der Waals surface area (Å²) in [5, 5.41) is 0.366. The molecule has 0 spiro atoms. The first-order valence-corrected chi connectivity index (χ1v) is 6.04. The zero-order valence-corrected chi connectivity index (χ0v) is 11.0. The summed E-state index contributed by atoms with van der Waals surface area (Å²) in [5.41, 5.74) is 0.689. The lowest BCUT2D eigenvalue weighted by molar-refractivity contribution is -0.131. The molecule has 96 valence electrons. The van der Waals surface area contributed by atoms with Gasteiger partial charge in [0, 0.05) is 12.5 Å². The minimum atomic E-state index is -0.473. The van der Waals surface area contributed by atoms with Crippen LogP contribution in [0.25, 0.3) is 0 Å². The summed E-state index contributed by atoms with van der Waals surface area (Å²) in [6, 6.07) is 13.3. The maximum Gasteiger partial charge on any atom is 0.308 e. The highest BCUT2D eigenvalue weighted by atomic mass is 35.5. The molecule has 0 fully saturated rings. The lowest BCUT2D eigenvalue weighted by Gasteiger charge is -2.08. The summed E-state index contributed by atoms with van der Waals surface area (Å²) in [7, 11) is 0. The summed E-state index contributed by atoms with van der Waals surface area (Å²) >= 11 is 6.00. The molecule has 4 heteroatoms. The standard InChI is InChI=1S/C15H11ClO3/c1-10(17)19-14-9-5-3-7-12(14)15(18)11-6-2-4-8-13(11)16/h2-9H,1H3. The molecule has 0 atom stereocenters. The monoisotopic (exact) mass is 274 g/mol. The van der Waals surface area contributed by atoms with Crippen LogP contribution in [0.2, 0.25) is 5.02 Å². The highest BCUT2D eigenvalue weighted by Crippen LogP contribution is 2.25. The molecule has 0 bridgehead atoms. The number of hydrogen-bond donors (Lipinski definition) is 0. The van der Waals surface area contributed by atoms with Crippen LogP contribution in [0.1, 0.15) is 22.8 Å². The average molecular weight is 275 g/mol. The molecule has 0 heterocycles. The summed E-state index contributed by atoms with van der Waals surface area (Å²) < 4.78 is 5.03. The minimum Gasteiger partial charge on any atom is -0.426 e. The van der Waals surface area contributed by atoms with E-state index in [-0.39, 0.29) is 11.5 Å². The van der Waals surface area contributed by atoms with Gasteiger partial charge in [-0.05, 0) is 24.3 Å². The molecule has 3 nitrogen and oxygen atoms in total. The van der Waals surface area contributed by atoms with Crippen molar-refractivity contribution in [1.82, 2.24) is 0 Å². The lowest BCUT2D eigenvalue weighted by Crippen LogP contribution is -2.08. The van der Waals surface area contributed by atoms with E-state index in [2.05, 4.69) is 0 Å². The number of esters is 1. The quantitative estimate of drug-likeness (QED) is 0.489. The third-order valence-electron chi connectivity index (χ3n) is 2.50. The van der Waals surface area contributed by atoms with Gasteiger partial charge in [-0.25, -0.2) is 0 Å². The van der Waals surface area contributed by atoms with Gasteiger partial charge in [-0.2, -0.15) is 0 Å². The van der Waals surface area contributed by atoms with Gasteiger partial charge in [0.15, 0.2) is 5.78 Å². The molecule has 0 saturated carbocycles. The van der Waals surface area contributed by atoms with Crippen LogP contribution < -0.4 is 4.74 Å². The number of rotatable bonds is 3. The topological polar surface area (TPSA) is 43.4 Å². The van der Waals surface area contributed by atoms with Crippen LogP contribution in [0.5, 0.6) is 5.75 Å². The van der Waals surface area contributed by atoms with Gasteiger partial charge in [0.25, 0.3) is 0 Å². The first-order chi connectivity index (χ1) is 9.09. The van der Waals surface area contributed by atoms with E-state index in [1.165, 1.54) is 6.92 Å². The van der Waals surface area contributed by atoms with Gasteiger partial charge < -0.3 is 4.74 Å². The van der Waals surface area contributed by atoms with Crippen LogP contribution in [-0.2, 0) is 4.79 Å². The van der Waals surface area contributed by atoms with Crippen LogP contribution in [0, 0.1) is 0 Å². The molecule has 2 rings (SSSR count). The van der Waals surface area contributed by atoms with Gasteiger partial charge >= 0.3 is 5.97 Å². The molecule has 0 aromatic heterocycles. The van der Waals surface area contributed by atoms with Crippen molar-refractivity contribution < 1.29 is 14.3 Å². The second kappa shape index (κ2) is 5.67. The van der Waals surface area contributed by atoms with Crippen molar-refractivity contribution in [3.8, 4) is 5.75 Å². The largest absolute Gasteiger partial charge is 0.426 e. The zero-order chi connectivity index (χ0) is 13.8. The van der Waals surface area contributed by atoms with E-state index in [0.29, 0.717) is 16.1 Å². The van der Waals surface area contributed by atoms with Gasteiger partial charge in [0.1, 0.15) is 5.75 Å². The van der Waals surface area contributed by atoms with Gasteiger partial charge in [0.2, 0.25) is 0 Å². The third kappa shape index (κ3) is 3.01. The highest BCUT2D eigenvalue weighted by molar-refractivity contribution is 6.35. The van der Waals surface area contributed by atoms with Crippen molar-refractivity contribution in [3.63, 3.8) is 0 Å². The minimum absolute atomic E-state index is 0.236. The SMILES string of the molecule is CC(=O)Oc1ccccc1C(=O)c1ccccc1Cl. The molecule has 0 aliphatic rings. The van der Waals surface area contributed by atoms with Crippen molar-refractivity contribution >= 4 is 23.4 Å². The predicted octanol–water partition coefficient (Wildman–Crippen LogP) is 3.50. The number of ketones is 1. The highest BCUT2D eigenvalue weighted by Gasteiger charge is 2.17. The predicted molar refractivity (Wildman–Crippen MR) is 72.6 cm³/mol. The molecular weight excluding hydrogens is 264 g/mol. The van der Waals surface area contributed by atoms with Crippen LogP contribution in [0.4, 0.5) is 0 Å². The van der Waals surface area contributed by atoms with Crippen LogP contribution in [-0.4, -0.2) is 11.8 Å². The normalized spacial score (nSPS) is 10.0. The smallest absolute Gasteiger partial charge is 0.308 e. The van der Waals surface area contributed by atoms with Gasteiger partial charge in [-0.15, -0.1) is 0 Å². The maximum atomic E-state index is 12.4. The Labute approximate surface area is 115 Å². The van der Waals surface area contributed by atoms with Crippen molar-refractivity contribution in [2.45, 2.75) is 6.92 Å². The molecule has 0 amide bonds. The number of para-hydroxylation sites is 1. The molecular formula is C15H11ClO3. The lowest BCUT2D eigenvalue weighted by atomic mass is 10.0. The van der Waals surface area contributed by atoms with Crippen molar-refractivity contribution in [1.29, 1.82) is 0 Å². The van der Waals surface area contributed by atoms with E-state index in [0.717, 1.165) is 0 Å². The summed E-state index contributed by atoms with van der Waals surface area (Å²) in [6.45, 7) is 1.29. The maximum absolute atomic E-state index is 12.4. The fourth-order valence-corrected chi connectivity index (χ4v) is 1.91. The number of hydrogen-bond acceptors (Lipinski definition) is 3. The average Bonchev–Trinajstić information content (AvgIpc) is 2.38. The van der Waals surface area contributed by atoms with E-state index in [1.807, 2.05) is 0 Å². The molecule has 0 saturated heterocycles. The molecule has 2 aromatic carbocycles. The first-order valence-electron chi connectivity index (χ1n) is 5.66. The van der Waals surface area contributed by atoms with Crippen LogP contribution in [0.3, 0.4) is 0 Å². The van der Waals surface area contributed by atoms with E-state index >= 15 is 0 Å².